The molecule has 0 fully saturated rings. The summed E-state index contributed by atoms with van der Waals surface area (Å²) < 4.78 is 13.0. The quantitative estimate of drug-likeness (QED) is 0.616. The molecule has 3 aromatic rings. The van der Waals surface area contributed by atoms with Gasteiger partial charge in [-0.3, -0.25) is 14.1 Å². The Balaban J connectivity index is 1.78. The number of halogens is 1. The third-order valence-corrected chi connectivity index (χ3v) is 4.48. The fourth-order valence-electron chi connectivity index (χ4n) is 2.83. The van der Waals surface area contributed by atoms with Crippen molar-refractivity contribution in [3.05, 3.63) is 68.7 Å². The van der Waals surface area contributed by atoms with E-state index < -0.39 is 0 Å². The van der Waals surface area contributed by atoms with E-state index in [4.69, 9.17) is 9.47 Å². The van der Waals surface area contributed by atoms with Crippen LogP contribution >= 0.6 is 15.9 Å². The molecule has 0 saturated carbocycles. The van der Waals surface area contributed by atoms with E-state index in [9.17, 15) is 4.79 Å². The van der Waals surface area contributed by atoms with Gasteiger partial charge in [0.1, 0.15) is 5.65 Å². The van der Waals surface area contributed by atoms with Crippen LogP contribution in [0, 0.1) is 0 Å². The van der Waals surface area contributed by atoms with Gasteiger partial charge in [-0.2, -0.15) is 0 Å². The molecule has 7 heteroatoms. The molecule has 0 N–H and O–H groups in total. The van der Waals surface area contributed by atoms with Crippen molar-refractivity contribution in [3.8, 4) is 11.5 Å². The van der Waals surface area contributed by atoms with E-state index in [2.05, 4.69) is 25.8 Å². The van der Waals surface area contributed by atoms with Gasteiger partial charge in [0, 0.05) is 29.8 Å². The Hall–Kier alpha value is -2.38. The van der Waals surface area contributed by atoms with Crippen molar-refractivity contribution in [3.63, 3.8) is 0 Å². The summed E-state index contributed by atoms with van der Waals surface area (Å²) in [6.07, 6.45) is 1.72. The van der Waals surface area contributed by atoms with Crippen molar-refractivity contribution in [2.75, 3.05) is 21.3 Å². The van der Waals surface area contributed by atoms with Crippen LogP contribution in [0.2, 0.25) is 0 Å². The van der Waals surface area contributed by atoms with Gasteiger partial charge in [-0.15, -0.1) is 0 Å². The zero-order valence-electron chi connectivity index (χ0n) is 14.9. The fourth-order valence-corrected chi connectivity index (χ4v) is 3.17. The highest BCUT2D eigenvalue weighted by atomic mass is 79.9. The van der Waals surface area contributed by atoms with Crippen LogP contribution in [-0.2, 0) is 13.1 Å². The van der Waals surface area contributed by atoms with E-state index >= 15 is 0 Å². The summed E-state index contributed by atoms with van der Waals surface area (Å²) in [4.78, 5) is 19.0. The Kier molecular flexibility index (Phi) is 5.58. The number of aromatic nitrogens is 2. The molecular weight excluding hydrogens is 398 g/mol. The van der Waals surface area contributed by atoms with E-state index in [-0.39, 0.29) is 5.56 Å². The summed E-state index contributed by atoms with van der Waals surface area (Å²) in [6, 6.07) is 11.1. The van der Waals surface area contributed by atoms with Crippen LogP contribution in [0.3, 0.4) is 0 Å². The van der Waals surface area contributed by atoms with Crippen molar-refractivity contribution in [2.45, 2.75) is 13.1 Å². The molecule has 0 aliphatic carbocycles. The minimum absolute atomic E-state index is 0.0918. The Bertz CT molecular complexity index is 987. The third-order valence-electron chi connectivity index (χ3n) is 4.01. The van der Waals surface area contributed by atoms with E-state index in [1.165, 1.54) is 4.40 Å². The van der Waals surface area contributed by atoms with E-state index in [0.29, 0.717) is 30.2 Å². The number of hydrogen-bond acceptors (Lipinski definition) is 5. The normalized spacial score (nSPS) is 11.1. The van der Waals surface area contributed by atoms with Gasteiger partial charge in [0.25, 0.3) is 5.56 Å². The van der Waals surface area contributed by atoms with Crippen LogP contribution < -0.4 is 15.0 Å². The second-order valence-corrected chi connectivity index (χ2v) is 6.94. The molecule has 3 rings (SSSR count). The summed E-state index contributed by atoms with van der Waals surface area (Å²) >= 11 is 3.37. The lowest BCUT2D eigenvalue weighted by atomic mass is 10.2. The number of benzene rings is 1. The van der Waals surface area contributed by atoms with Crippen LogP contribution in [0.4, 0.5) is 0 Å². The van der Waals surface area contributed by atoms with Gasteiger partial charge in [0.05, 0.1) is 19.9 Å². The Morgan fingerprint density at radius 2 is 1.85 bits per heavy atom. The Morgan fingerprint density at radius 1 is 1.08 bits per heavy atom. The van der Waals surface area contributed by atoms with Gasteiger partial charge in [0.2, 0.25) is 0 Å². The molecule has 2 heterocycles. The number of ether oxygens (including phenoxy) is 2. The average molecular weight is 418 g/mol. The molecule has 26 heavy (non-hydrogen) atoms. The highest BCUT2D eigenvalue weighted by Gasteiger charge is 2.09. The van der Waals surface area contributed by atoms with Gasteiger partial charge in [-0.05, 0) is 52.8 Å². The smallest absolute Gasteiger partial charge is 0.258 e. The highest BCUT2D eigenvalue weighted by molar-refractivity contribution is 9.10. The second-order valence-electron chi connectivity index (χ2n) is 6.02. The maximum Gasteiger partial charge on any atom is 0.258 e. The number of nitrogens with zero attached hydrogens (tertiary/aromatic N) is 3. The van der Waals surface area contributed by atoms with E-state index in [0.717, 1.165) is 15.7 Å². The number of pyridine rings is 1. The molecule has 0 unspecified atom stereocenters. The van der Waals surface area contributed by atoms with E-state index in [1.54, 1.807) is 26.5 Å². The molecule has 6 nitrogen and oxygen atoms in total. The topological polar surface area (TPSA) is 56.1 Å². The van der Waals surface area contributed by atoms with E-state index in [1.807, 2.05) is 37.4 Å². The first-order valence-corrected chi connectivity index (χ1v) is 8.86. The SMILES string of the molecule is COc1ccc(CN(C)Cc2cc(=O)n3cc(Br)ccc3n2)cc1OC. The lowest BCUT2D eigenvalue weighted by molar-refractivity contribution is 0.312. The molecule has 0 saturated heterocycles. The minimum atomic E-state index is -0.0918. The maximum absolute atomic E-state index is 12.3. The lowest BCUT2D eigenvalue weighted by Gasteiger charge is -2.17. The second kappa shape index (κ2) is 7.88. The van der Waals surface area contributed by atoms with Gasteiger partial charge >= 0.3 is 0 Å². The molecule has 0 spiro atoms. The maximum atomic E-state index is 12.3. The number of rotatable bonds is 6. The monoisotopic (exact) mass is 417 g/mol. The first kappa shape index (κ1) is 18.4. The van der Waals surface area contributed by atoms with Crippen molar-refractivity contribution in [1.82, 2.24) is 14.3 Å². The summed E-state index contributed by atoms with van der Waals surface area (Å²) in [5.41, 5.74) is 2.37. The standard InChI is InChI=1S/C19H20BrN3O3/c1-22(10-13-4-6-16(25-2)17(8-13)26-3)12-15-9-19(24)23-11-14(20)5-7-18(23)21-15/h4-9,11H,10,12H2,1-3H3. The number of methoxy groups -OCH3 is 2. The summed E-state index contributed by atoms with van der Waals surface area (Å²) in [5, 5.41) is 0. The summed E-state index contributed by atoms with van der Waals surface area (Å²) in [7, 11) is 5.23. The predicted octanol–water partition coefficient (Wildman–Crippen LogP) is 3.11. The van der Waals surface area contributed by atoms with Gasteiger partial charge in [0.15, 0.2) is 11.5 Å². The van der Waals surface area contributed by atoms with Gasteiger partial charge in [-0.25, -0.2) is 4.98 Å². The lowest BCUT2D eigenvalue weighted by Crippen LogP contribution is -2.21. The van der Waals surface area contributed by atoms with Crippen LogP contribution in [-0.4, -0.2) is 35.6 Å². The molecule has 136 valence electrons. The van der Waals surface area contributed by atoms with Gasteiger partial charge in [-0.1, -0.05) is 6.07 Å². The molecular formula is C19H20BrN3O3. The first-order valence-electron chi connectivity index (χ1n) is 8.07. The molecule has 0 aliphatic rings. The molecule has 0 bridgehead atoms. The first-order chi connectivity index (χ1) is 12.5. The zero-order valence-corrected chi connectivity index (χ0v) is 16.5. The van der Waals surface area contributed by atoms with Crippen molar-refractivity contribution in [1.29, 1.82) is 0 Å². The molecule has 0 radical (unpaired) electrons. The van der Waals surface area contributed by atoms with Crippen molar-refractivity contribution < 1.29 is 9.47 Å². The molecule has 0 amide bonds. The minimum Gasteiger partial charge on any atom is -0.493 e. The van der Waals surface area contributed by atoms with Crippen LogP contribution in [0.1, 0.15) is 11.3 Å². The van der Waals surface area contributed by atoms with Crippen LogP contribution in [0.25, 0.3) is 5.65 Å². The zero-order chi connectivity index (χ0) is 18.7. The van der Waals surface area contributed by atoms with Crippen LogP contribution in [0.5, 0.6) is 11.5 Å². The number of hydrogen-bond donors (Lipinski definition) is 0. The molecule has 0 atom stereocenters. The average Bonchev–Trinajstić information content (AvgIpc) is 2.62. The Labute approximate surface area is 160 Å². The molecule has 0 aliphatic heterocycles. The van der Waals surface area contributed by atoms with Crippen molar-refractivity contribution in [2.24, 2.45) is 0 Å². The number of fused-ring (bicyclic) bond motifs is 1. The van der Waals surface area contributed by atoms with Gasteiger partial charge < -0.3 is 9.47 Å². The largest absolute Gasteiger partial charge is 0.493 e. The van der Waals surface area contributed by atoms with Crippen molar-refractivity contribution >= 4 is 21.6 Å². The molecule has 1 aromatic carbocycles. The van der Waals surface area contributed by atoms with Crippen LogP contribution in [0.15, 0.2) is 51.9 Å². The Morgan fingerprint density at radius 3 is 2.58 bits per heavy atom. The third kappa shape index (κ3) is 4.05. The predicted molar refractivity (Wildman–Crippen MR) is 104 cm³/mol. The molecule has 2 aromatic heterocycles. The fraction of sp³-hybridized carbons (Fsp3) is 0.263. The summed E-state index contributed by atoms with van der Waals surface area (Å²) in [5.74, 6) is 1.40. The highest BCUT2D eigenvalue weighted by Crippen LogP contribution is 2.28. The summed E-state index contributed by atoms with van der Waals surface area (Å²) in [6.45, 7) is 1.26.